The number of hydrogen-bond acceptors (Lipinski definition) is 5. The van der Waals surface area contributed by atoms with Gasteiger partial charge >= 0.3 is 0 Å². The molecule has 1 aromatic rings. The van der Waals surface area contributed by atoms with Crippen molar-refractivity contribution < 1.29 is 14.6 Å². The number of carbonyl (C=O) groups is 1. The number of piperidine rings is 1. The predicted molar refractivity (Wildman–Crippen MR) is 92.3 cm³/mol. The standard InChI is InChI=1S/C18H28N4O3/c1-13-19-9-16(20-13)17(24)22-6-3-18(4-7-22)8-15(25-12-18)11-21-5-2-14(23)10-21/h9,14-15,23H,2-8,10-12H2,1H3,(H,19,20)/t14-,15-/m1/s1. The smallest absolute Gasteiger partial charge is 0.271 e. The van der Waals surface area contributed by atoms with E-state index in [1.165, 1.54) is 0 Å². The summed E-state index contributed by atoms with van der Waals surface area (Å²) in [7, 11) is 0. The fourth-order valence-electron chi connectivity index (χ4n) is 4.51. The minimum Gasteiger partial charge on any atom is -0.392 e. The van der Waals surface area contributed by atoms with Gasteiger partial charge in [-0.3, -0.25) is 9.69 Å². The van der Waals surface area contributed by atoms with E-state index < -0.39 is 0 Å². The first-order valence-corrected chi connectivity index (χ1v) is 9.36. The Hall–Kier alpha value is -1.44. The normalized spacial score (nSPS) is 29.6. The maximum Gasteiger partial charge on any atom is 0.271 e. The number of carbonyl (C=O) groups excluding carboxylic acids is 1. The molecular weight excluding hydrogens is 320 g/mol. The summed E-state index contributed by atoms with van der Waals surface area (Å²) in [6, 6.07) is 0. The van der Waals surface area contributed by atoms with Gasteiger partial charge in [-0.25, -0.2) is 4.98 Å². The van der Waals surface area contributed by atoms with Crippen LogP contribution in [0.3, 0.4) is 0 Å². The van der Waals surface area contributed by atoms with E-state index in [9.17, 15) is 9.90 Å². The number of aromatic amines is 1. The lowest BCUT2D eigenvalue weighted by atomic mass is 9.76. The van der Waals surface area contributed by atoms with Gasteiger partial charge in [0.1, 0.15) is 11.5 Å². The number of rotatable bonds is 3. The third-order valence-electron chi connectivity index (χ3n) is 6.04. The van der Waals surface area contributed by atoms with Crippen molar-refractivity contribution in [2.75, 3.05) is 39.3 Å². The monoisotopic (exact) mass is 348 g/mol. The summed E-state index contributed by atoms with van der Waals surface area (Å²) in [6.07, 6.45) is 5.68. The number of H-pyrrole nitrogens is 1. The summed E-state index contributed by atoms with van der Waals surface area (Å²) in [5, 5.41) is 9.67. The van der Waals surface area contributed by atoms with E-state index >= 15 is 0 Å². The number of ether oxygens (including phenoxy) is 1. The van der Waals surface area contributed by atoms with Crippen LogP contribution in [-0.2, 0) is 4.74 Å². The molecule has 1 amide bonds. The number of aryl methyl sites for hydroxylation is 1. The van der Waals surface area contributed by atoms with Gasteiger partial charge < -0.3 is 19.7 Å². The molecule has 138 valence electrons. The largest absolute Gasteiger partial charge is 0.392 e. The molecular formula is C18H28N4O3. The molecule has 3 aliphatic heterocycles. The number of aliphatic hydroxyl groups excluding tert-OH is 1. The van der Waals surface area contributed by atoms with Gasteiger partial charge in [0.25, 0.3) is 5.91 Å². The minimum atomic E-state index is -0.171. The van der Waals surface area contributed by atoms with E-state index in [0.717, 1.165) is 70.8 Å². The summed E-state index contributed by atoms with van der Waals surface area (Å²) in [5.41, 5.74) is 0.811. The summed E-state index contributed by atoms with van der Waals surface area (Å²) in [5.74, 6) is 0.827. The first-order valence-electron chi connectivity index (χ1n) is 9.36. The quantitative estimate of drug-likeness (QED) is 0.844. The van der Waals surface area contributed by atoms with Crippen LogP contribution in [0.1, 0.15) is 42.0 Å². The molecule has 2 atom stereocenters. The molecule has 0 aromatic carbocycles. The van der Waals surface area contributed by atoms with Crippen LogP contribution in [-0.4, -0.2) is 82.3 Å². The van der Waals surface area contributed by atoms with Crippen LogP contribution >= 0.6 is 0 Å². The highest BCUT2D eigenvalue weighted by molar-refractivity contribution is 5.92. The molecule has 3 saturated heterocycles. The van der Waals surface area contributed by atoms with Gasteiger partial charge in [0.2, 0.25) is 0 Å². The van der Waals surface area contributed by atoms with Crippen LogP contribution in [0.5, 0.6) is 0 Å². The summed E-state index contributed by atoms with van der Waals surface area (Å²) >= 11 is 0. The van der Waals surface area contributed by atoms with Crippen molar-refractivity contribution >= 4 is 5.91 Å². The number of nitrogens with zero attached hydrogens (tertiary/aromatic N) is 3. The van der Waals surface area contributed by atoms with Crippen molar-refractivity contribution in [1.29, 1.82) is 0 Å². The molecule has 0 unspecified atom stereocenters. The van der Waals surface area contributed by atoms with E-state index in [1.54, 1.807) is 6.20 Å². The third-order valence-corrected chi connectivity index (χ3v) is 6.04. The van der Waals surface area contributed by atoms with E-state index in [2.05, 4.69) is 14.9 Å². The lowest BCUT2D eigenvalue weighted by Gasteiger charge is -2.38. The number of aromatic nitrogens is 2. The Bertz CT molecular complexity index is 624. The molecule has 0 saturated carbocycles. The first-order chi connectivity index (χ1) is 12.0. The van der Waals surface area contributed by atoms with Crippen LogP contribution in [0.25, 0.3) is 0 Å². The fourth-order valence-corrected chi connectivity index (χ4v) is 4.51. The Kier molecular flexibility index (Phi) is 4.56. The highest BCUT2D eigenvalue weighted by Gasteiger charge is 2.43. The summed E-state index contributed by atoms with van der Waals surface area (Å²) < 4.78 is 6.08. The fraction of sp³-hybridized carbons (Fsp3) is 0.778. The van der Waals surface area contributed by atoms with Crippen molar-refractivity contribution in [2.45, 2.75) is 44.8 Å². The first kappa shape index (κ1) is 17.0. The molecule has 2 N–H and O–H groups in total. The molecule has 25 heavy (non-hydrogen) atoms. The van der Waals surface area contributed by atoms with Crippen LogP contribution in [0, 0.1) is 12.3 Å². The number of hydrogen-bond donors (Lipinski definition) is 2. The van der Waals surface area contributed by atoms with E-state index in [4.69, 9.17) is 4.74 Å². The second kappa shape index (κ2) is 6.70. The van der Waals surface area contributed by atoms with Crippen LogP contribution in [0.2, 0.25) is 0 Å². The second-order valence-electron chi connectivity index (χ2n) is 8.01. The molecule has 3 aliphatic rings. The van der Waals surface area contributed by atoms with E-state index in [-0.39, 0.29) is 23.5 Å². The zero-order valence-electron chi connectivity index (χ0n) is 14.9. The zero-order valence-corrected chi connectivity index (χ0v) is 14.9. The van der Waals surface area contributed by atoms with Gasteiger partial charge in [0.05, 0.1) is 25.0 Å². The molecule has 7 nitrogen and oxygen atoms in total. The van der Waals surface area contributed by atoms with Crippen molar-refractivity contribution in [2.24, 2.45) is 5.41 Å². The van der Waals surface area contributed by atoms with Gasteiger partial charge in [-0.2, -0.15) is 0 Å². The number of likely N-dealkylation sites (tertiary alicyclic amines) is 2. The number of imidazole rings is 1. The van der Waals surface area contributed by atoms with Gasteiger partial charge in [-0.15, -0.1) is 0 Å². The molecule has 4 heterocycles. The van der Waals surface area contributed by atoms with Gasteiger partial charge in [-0.1, -0.05) is 0 Å². The Balaban J connectivity index is 1.29. The van der Waals surface area contributed by atoms with Crippen molar-refractivity contribution in [3.63, 3.8) is 0 Å². The molecule has 3 fully saturated rings. The molecule has 0 aliphatic carbocycles. The van der Waals surface area contributed by atoms with Crippen LogP contribution < -0.4 is 0 Å². The molecule has 1 spiro atoms. The Labute approximate surface area is 148 Å². The van der Waals surface area contributed by atoms with Crippen LogP contribution in [0.15, 0.2) is 6.20 Å². The highest BCUT2D eigenvalue weighted by atomic mass is 16.5. The number of aliphatic hydroxyl groups is 1. The zero-order chi connectivity index (χ0) is 17.4. The van der Waals surface area contributed by atoms with Gasteiger partial charge in [-0.05, 0) is 38.0 Å². The molecule has 4 rings (SSSR count). The van der Waals surface area contributed by atoms with Gasteiger partial charge in [0.15, 0.2) is 0 Å². The number of nitrogens with one attached hydrogen (secondary N) is 1. The lowest BCUT2D eigenvalue weighted by molar-refractivity contribution is 0.0448. The highest BCUT2D eigenvalue weighted by Crippen LogP contribution is 2.42. The Morgan fingerprint density at radius 1 is 1.44 bits per heavy atom. The summed E-state index contributed by atoms with van der Waals surface area (Å²) in [6.45, 7) is 6.91. The topological polar surface area (TPSA) is 81.7 Å². The Morgan fingerprint density at radius 3 is 2.88 bits per heavy atom. The SMILES string of the molecule is Cc1ncc(C(=O)N2CCC3(CC2)CO[C@@H](CN2CC[C@@H](O)C2)C3)[nH]1. The van der Waals surface area contributed by atoms with E-state index in [1.807, 2.05) is 11.8 Å². The maximum absolute atomic E-state index is 12.5. The van der Waals surface area contributed by atoms with Crippen molar-refractivity contribution in [3.05, 3.63) is 17.7 Å². The molecule has 0 radical (unpaired) electrons. The molecule has 1 aromatic heterocycles. The lowest BCUT2D eigenvalue weighted by Crippen LogP contribution is -2.44. The van der Waals surface area contributed by atoms with Crippen LogP contribution in [0.4, 0.5) is 0 Å². The number of β-amino-alcohol motifs (C(OH)–C–C–N with tert-alkyl or cyclic N) is 1. The average molecular weight is 348 g/mol. The summed E-state index contributed by atoms with van der Waals surface area (Å²) in [4.78, 5) is 23.9. The van der Waals surface area contributed by atoms with Crippen molar-refractivity contribution in [1.82, 2.24) is 19.8 Å². The molecule has 7 heteroatoms. The average Bonchev–Trinajstić information content (AvgIpc) is 3.30. The molecule has 0 bridgehead atoms. The van der Waals surface area contributed by atoms with Crippen molar-refractivity contribution in [3.8, 4) is 0 Å². The van der Waals surface area contributed by atoms with E-state index in [0.29, 0.717) is 5.69 Å². The second-order valence-corrected chi connectivity index (χ2v) is 8.01. The Morgan fingerprint density at radius 2 is 2.24 bits per heavy atom. The minimum absolute atomic E-state index is 0.0527. The predicted octanol–water partition coefficient (Wildman–Crippen LogP) is 0.796. The third kappa shape index (κ3) is 3.59. The maximum atomic E-state index is 12.5. The number of amides is 1. The van der Waals surface area contributed by atoms with Gasteiger partial charge in [0, 0.05) is 32.7 Å².